The van der Waals surface area contributed by atoms with E-state index in [1.165, 1.54) is 11.1 Å². The summed E-state index contributed by atoms with van der Waals surface area (Å²) in [5, 5.41) is 12.6. The molecule has 1 heterocycles. The summed E-state index contributed by atoms with van der Waals surface area (Å²) in [5.41, 5.74) is 3.13. The number of carboxylic acid groups (broad SMARTS) is 1. The molecular formula is C28H32N2O5. The van der Waals surface area contributed by atoms with E-state index in [0.717, 1.165) is 17.5 Å². The number of carbonyl (C=O) groups excluding carboxylic acids is 2. The molecule has 2 fully saturated rings. The Bertz CT molecular complexity index is 1110. The molecule has 35 heavy (non-hydrogen) atoms. The van der Waals surface area contributed by atoms with E-state index in [1.807, 2.05) is 24.3 Å². The van der Waals surface area contributed by atoms with E-state index < -0.39 is 23.0 Å². The highest BCUT2D eigenvalue weighted by atomic mass is 16.5. The van der Waals surface area contributed by atoms with E-state index in [2.05, 4.69) is 29.6 Å². The normalized spacial score (nSPS) is 22.5. The van der Waals surface area contributed by atoms with Gasteiger partial charge in [-0.1, -0.05) is 48.5 Å². The quantitative estimate of drug-likeness (QED) is 0.638. The molecule has 2 amide bonds. The minimum atomic E-state index is -0.916. The summed E-state index contributed by atoms with van der Waals surface area (Å²) >= 11 is 0. The smallest absolute Gasteiger partial charge is 0.407 e. The molecule has 0 spiro atoms. The molecule has 1 saturated heterocycles. The van der Waals surface area contributed by atoms with E-state index in [-0.39, 0.29) is 31.4 Å². The Kier molecular flexibility index (Phi) is 6.03. The zero-order chi connectivity index (χ0) is 24.6. The fourth-order valence-electron chi connectivity index (χ4n) is 5.83. The number of hydrogen-bond acceptors (Lipinski definition) is 4. The van der Waals surface area contributed by atoms with Gasteiger partial charge in [0.2, 0.25) is 5.91 Å². The molecule has 1 aliphatic heterocycles. The maximum absolute atomic E-state index is 13.1. The first-order chi connectivity index (χ1) is 16.8. The van der Waals surface area contributed by atoms with Crippen molar-refractivity contribution in [3.63, 3.8) is 0 Å². The average molecular weight is 477 g/mol. The molecule has 0 aromatic heterocycles. The minimum Gasteiger partial charge on any atom is -0.481 e. The van der Waals surface area contributed by atoms with Crippen LogP contribution in [-0.4, -0.2) is 53.2 Å². The molecule has 2 aromatic carbocycles. The highest BCUT2D eigenvalue weighted by molar-refractivity contribution is 5.82. The first kappa shape index (κ1) is 23.4. The number of fused-ring (bicyclic) bond motifs is 3. The number of carboxylic acids is 1. The van der Waals surface area contributed by atoms with E-state index in [4.69, 9.17) is 4.74 Å². The molecule has 2 aliphatic carbocycles. The van der Waals surface area contributed by atoms with Crippen LogP contribution in [0.1, 0.15) is 62.5 Å². The highest BCUT2D eigenvalue weighted by Gasteiger charge is 2.44. The number of hydrogen-bond donors (Lipinski definition) is 2. The number of piperidine rings is 1. The van der Waals surface area contributed by atoms with Gasteiger partial charge in [0, 0.05) is 19.0 Å². The fourth-order valence-corrected chi connectivity index (χ4v) is 5.83. The van der Waals surface area contributed by atoms with Gasteiger partial charge in [-0.15, -0.1) is 0 Å². The second-order valence-corrected chi connectivity index (χ2v) is 10.5. The van der Waals surface area contributed by atoms with Gasteiger partial charge in [-0.25, -0.2) is 4.79 Å². The maximum atomic E-state index is 13.1. The Morgan fingerprint density at radius 3 is 2.20 bits per heavy atom. The summed E-state index contributed by atoms with van der Waals surface area (Å²) in [6.45, 7) is 2.70. The lowest BCUT2D eigenvalue weighted by Crippen LogP contribution is -2.57. The highest BCUT2D eigenvalue weighted by Crippen LogP contribution is 2.44. The Morgan fingerprint density at radius 2 is 1.63 bits per heavy atom. The van der Waals surface area contributed by atoms with Crippen molar-refractivity contribution in [2.75, 3.05) is 19.7 Å². The number of benzene rings is 2. The first-order valence-electron chi connectivity index (χ1n) is 12.4. The average Bonchev–Trinajstić information content (AvgIpc) is 3.15. The number of carbonyl (C=O) groups is 3. The van der Waals surface area contributed by atoms with Gasteiger partial charge in [0.15, 0.2) is 0 Å². The van der Waals surface area contributed by atoms with Crippen LogP contribution in [0.5, 0.6) is 0 Å². The molecule has 1 atom stereocenters. The van der Waals surface area contributed by atoms with Crippen molar-refractivity contribution in [1.82, 2.24) is 10.2 Å². The zero-order valence-electron chi connectivity index (χ0n) is 20.1. The molecule has 0 radical (unpaired) electrons. The van der Waals surface area contributed by atoms with Crippen LogP contribution in [-0.2, 0) is 14.3 Å². The van der Waals surface area contributed by atoms with E-state index >= 15 is 0 Å². The third kappa shape index (κ3) is 4.40. The number of rotatable bonds is 6. The summed E-state index contributed by atoms with van der Waals surface area (Å²) in [7, 11) is 0. The van der Waals surface area contributed by atoms with Crippen LogP contribution in [0.4, 0.5) is 4.79 Å². The Morgan fingerprint density at radius 1 is 1.00 bits per heavy atom. The van der Waals surface area contributed by atoms with Crippen LogP contribution in [0.15, 0.2) is 48.5 Å². The van der Waals surface area contributed by atoms with Crippen molar-refractivity contribution in [2.24, 2.45) is 5.41 Å². The molecule has 7 heteroatoms. The number of amides is 2. The van der Waals surface area contributed by atoms with Crippen LogP contribution in [0.3, 0.4) is 0 Å². The van der Waals surface area contributed by atoms with Crippen LogP contribution in [0.2, 0.25) is 0 Å². The van der Waals surface area contributed by atoms with Crippen molar-refractivity contribution in [1.29, 1.82) is 0 Å². The second kappa shape index (κ2) is 9.02. The lowest BCUT2D eigenvalue weighted by Gasteiger charge is -2.44. The topological polar surface area (TPSA) is 95.9 Å². The van der Waals surface area contributed by atoms with Crippen LogP contribution in [0, 0.1) is 5.41 Å². The first-order valence-corrected chi connectivity index (χ1v) is 12.4. The molecule has 7 nitrogen and oxygen atoms in total. The summed E-state index contributed by atoms with van der Waals surface area (Å²) < 4.78 is 5.71. The van der Waals surface area contributed by atoms with Gasteiger partial charge in [0.25, 0.3) is 0 Å². The third-order valence-electron chi connectivity index (χ3n) is 8.08. The number of ether oxygens (including phenoxy) is 1. The van der Waals surface area contributed by atoms with Crippen molar-refractivity contribution in [3.8, 4) is 11.1 Å². The van der Waals surface area contributed by atoms with Crippen molar-refractivity contribution in [3.05, 3.63) is 59.7 Å². The number of likely N-dealkylation sites (tertiary alicyclic amines) is 1. The van der Waals surface area contributed by atoms with Gasteiger partial charge in [0.05, 0.1) is 17.4 Å². The SMILES string of the molecule is CC1(C(=O)O)CCCN(C(=O)CC2(NC(=O)OCC3c4ccccc4-c4ccccc43)CCC2)C1. The van der Waals surface area contributed by atoms with Crippen LogP contribution in [0.25, 0.3) is 11.1 Å². The van der Waals surface area contributed by atoms with Gasteiger partial charge >= 0.3 is 12.1 Å². The lowest BCUT2D eigenvalue weighted by molar-refractivity contribution is -0.153. The van der Waals surface area contributed by atoms with Gasteiger partial charge in [-0.2, -0.15) is 0 Å². The molecule has 2 N–H and O–H groups in total. The number of alkyl carbamates (subject to hydrolysis) is 1. The largest absolute Gasteiger partial charge is 0.481 e. The standard InChI is InChI=1S/C28H32N2O5/c1-27(25(32)33)12-7-15-30(18-27)24(31)16-28(13-6-14-28)29-26(34)35-17-23-21-10-4-2-8-19(21)20-9-3-5-11-22(20)23/h2-5,8-11,23H,6-7,12-18H2,1H3,(H,29,34)(H,32,33). The Balaban J connectivity index is 1.21. The molecule has 1 saturated carbocycles. The van der Waals surface area contributed by atoms with E-state index in [1.54, 1.807) is 11.8 Å². The van der Waals surface area contributed by atoms with Crippen molar-refractivity contribution >= 4 is 18.0 Å². The Hall–Kier alpha value is -3.35. The van der Waals surface area contributed by atoms with Crippen molar-refractivity contribution < 1.29 is 24.2 Å². The summed E-state index contributed by atoms with van der Waals surface area (Å²) in [4.78, 5) is 39.2. The number of nitrogens with one attached hydrogen (secondary N) is 1. The van der Waals surface area contributed by atoms with Gasteiger partial charge in [0.1, 0.15) is 6.61 Å². The van der Waals surface area contributed by atoms with Crippen LogP contribution >= 0.6 is 0 Å². The lowest BCUT2D eigenvalue weighted by atomic mass is 9.73. The summed E-state index contributed by atoms with van der Waals surface area (Å²) in [6, 6.07) is 16.4. The number of aliphatic carboxylic acids is 1. The second-order valence-electron chi connectivity index (χ2n) is 10.5. The van der Waals surface area contributed by atoms with Crippen LogP contribution < -0.4 is 5.32 Å². The predicted octanol–water partition coefficient (Wildman–Crippen LogP) is 4.55. The summed E-state index contributed by atoms with van der Waals surface area (Å²) in [6.07, 6.45) is 3.26. The molecule has 5 rings (SSSR count). The zero-order valence-corrected chi connectivity index (χ0v) is 20.1. The monoisotopic (exact) mass is 476 g/mol. The predicted molar refractivity (Wildman–Crippen MR) is 131 cm³/mol. The maximum Gasteiger partial charge on any atom is 0.407 e. The van der Waals surface area contributed by atoms with E-state index in [0.29, 0.717) is 32.2 Å². The van der Waals surface area contributed by atoms with Gasteiger partial charge in [-0.3, -0.25) is 9.59 Å². The summed E-state index contributed by atoms with van der Waals surface area (Å²) in [5.74, 6) is -0.991. The minimum absolute atomic E-state index is 0.0193. The molecule has 184 valence electrons. The molecule has 1 unspecified atom stereocenters. The van der Waals surface area contributed by atoms with Gasteiger partial charge < -0.3 is 20.1 Å². The Labute approximate surface area is 205 Å². The molecule has 3 aliphatic rings. The van der Waals surface area contributed by atoms with Crippen molar-refractivity contribution in [2.45, 2.75) is 56.9 Å². The van der Waals surface area contributed by atoms with Gasteiger partial charge in [-0.05, 0) is 61.3 Å². The molecule has 2 aromatic rings. The number of nitrogens with zero attached hydrogens (tertiary/aromatic N) is 1. The molecular weight excluding hydrogens is 444 g/mol. The van der Waals surface area contributed by atoms with E-state index in [9.17, 15) is 19.5 Å². The third-order valence-corrected chi connectivity index (χ3v) is 8.08. The fraction of sp³-hybridized carbons (Fsp3) is 0.464. The molecule has 0 bridgehead atoms.